The van der Waals surface area contributed by atoms with Crippen LogP contribution in [0.3, 0.4) is 0 Å². The molecule has 4 heterocycles. The standard InChI is InChI=1S/C16H19N5O2/c22-14-4-3-12(10-17-14)16(23)20-8-5-11(6-9-20)15-19-18-13-2-1-7-21(13)15/h3-4,10-11H,1-2,5-9H2,(H,17,22). The summed E-state index contributed by atoms with van der Waals surface area (Å²) in [5.74, 6) is 2.56. The van der Waals surface area contributed by atoms with Crippen LogP contribution in [0.2, 0.25) is 0 Å². The van der Waals surface area contributed by atoms with Gasteiger partial charge in [0, 0.05) is 44.2 Å². The molecule has 2 aromatic heterocycles. The number of hydrogen-bond donors (Lipinski definition) is 1. The Kier molecular flexibility index (Phi) is 3.48. The summed E-state index contributed by atoms with van der Waals surface area (Å²) >= 11 is 0. The monoisotopic (exact) mass is 313 g/mol. The van der Waals surface area contributed by atoms with E-state index < -0.39 is 0 Å². The molecule has 0 bridgehead atoms. The van der Waals surface area contributed by atoms with E-state index in [2.05, 4.69) is 19.7 Å². The third-order valence-corrected chi connectivity index (χ3v) is 4.82. The zero-order valence-electron chi connectivity index (χ0n) is 12.9. The molecule has 1 N–H and O–H groups in total. The number of H-pyrrole nitrogens is 1. The normalized spacial score (nSPS) is 18.2. The van der Waals surface area contributed by atoms with Gasteiger partial charge in [-0.3, -0.25) is 9.59 Å². The van der Waals surface area contributed by atoms with Gasteiger partial charge in [-0.2, -0.15) is 0 Å². The van der Waals surface area contributed by atoms with E-state index in [4.69, 9.17) is 0 Å². The van der Waals surface area contributed by atoms with Crippen LogP contribution >= 0.6 is 0 Å². The first-order valence-electron chi connectivity index (χ1n) is 8.12. The molecule has 7 heteroatoms. The highest BCUT2D eigenvalue weighted by molar-refractivity contribution is 5.93. The molecule has 1 fully saturated rings. The summed E-state index contributed by atoms with van der Waals surface area (Å²) in [6.07, 6.45) is 5.49. The number of likely N-dealkylation sites (tertiary alicyclic amines) is 1. The zero-order valence-corrected chi connectivity index (χ0v) is 12.9. The molecule has 0 saturated carbocycles. The number of rotatable bonds is 2. The molecule has 2 aromatic rings. The number of aromatic amines is 1. The third-order valence-electron chi connectivity index (χ3n) is 4.82. The molecular formula is C16H19N5O2. The maximum Gasteiger partial charge on any atom is 0.255 e. The number of nitrogens with zero attached hydrogens (tertiary/aromatic N) is 4. The van der Waals surface area contributed by atoms with E-state index in [1.807, 2.05) is 4.90 Å². The van der Waals surface area contributed by atoms with Crippen LogP contribution in [0.1, 0.15) is 47.2 Å². The van der Waals surface area contributed by atoms with Crippen molar-refractivity contribution in [1.29, 1.82) is 0 Å². The van der Waals surface area contributed by atoms with Crippen LogP contribution in [-0.4, -0.2) is 43.6 Å². The summed E-state index contributed by atoms with van der Waals surface area (Å²) in [6.45, 7) is 2.45. The van der Waals surface area contributed by atoms with Gasteiger partial charge >= 0.3 is 0 Å². The fourth-order valence-electron chi connectivity index (χ4n) is 3.54. The number of aryl methyl sites for hydroxylation is 1. The number of carbonyl (C=O) groups is 1. The van der Waals surface area contributed by atoms with Crippen molar-refractivity contribution in [3.63, 3.8) is 0 Å². The number of nitrogens with one attached hydrogen (secondary N) is 1. The van der Waals surface area contributed by atoms with Gasteiger partial charge < -0.3 is 14.5 Å². The molecule has 1 amide bonds. The molecular weight excluding hydrogens is 294 g/mol. The van der Waals surface area contributed by atoms with Crippen LogP contribution in [0.15, 0.2) is 23.1 Å². The van der Waals surface area contributed by atoms with Gasteiger partial charge in [-0.15, -0.1) is 10.2 Å². The van der Waals surface area contributed by atoms with Crippen molar-refractivity contribution in [3.8, 4) is 0 Å². The van der Waals surface area contributed by atoms with Gasteiger partial charge in [-0.1, -0.05) is 0 Å². The maximum absolute atomic E-state index is 12.5. The summed E-state index contributed by atoms with van der Waals surface area (Å²) in [4.78, 5) is 28.0. The van der Waals surface area contributed by atoms with E-state index in [9.17, 15) is 9.59 Å². The number of piperidine rings is 1. The Morgan fingerprint density at radius 3 is 2.74 bits per heavy atom. The summed E-state index contributed by atoms with van der Waals surface area (Å²) in [5, 5.41) is 8.65. The Bertz CT molecular complexity index is 766. The summed E-state index contributed by atoms with van der Waals surface area (Å²) in [6, 6.07) is 2.97. The molecule has 0 atom stereocenters. The Labute approximate surface area is 133 Å². The Hall–Kier alpha value is -2.44. The average molecular weight is 313 g/mol. The molecule has 2 aliphatic rings. The third kappa shape index (κ3) is 2.56. The van der Waals surface area contributed by atoms with Crippen LogP contribution in [-0.2, 0) is 13.0 Å². The fourth-order valence-corrected chi connectivity index (χ4v) is 3.54. The van der Waals surface area contributed by atoms with E-state index in [0.717, 1.165) is 43.9 Å². The quantitative estimate of drug-likeness (QED) is 0.894. The molecule has 7 nitrogen and oxygen atoms in total. The van der Waals surface area contributed by atoms with Gasteiger partial charge in [0.2, 0.25) is 5.56 Å². The van der Waals surface area contributed by atoms with Crippen molar-refractivity contribution >= 4 is 5.91 Å². The molecule has 0 radical (unpaired) electrons. The molecule has 0 aromatic carbocycles. The Morgan fingerprint density at radius 2 is 2.00 bits per heavy atom. The van der Waals surface area contributed by atoms with Gasteiger partial charge in [0.15, 0.2) is 0 Å². The second-order valence-corrected chi connectivity index (χ2v) is 6.24. The second-order valence-electron chi connectivity index (χ2n) is 6.24. The largest absolute Gasteiger partial charge is 0.339 e. The molecule has 2 aliphatic heterocycles. The smallest absolute Gasteiger partial charge is 0.255 e. The van der Waals surface area contributed by atoms with Crippen LogP contribution < -0.4 is 5.56 Å². The van der Waals surface area contributed by atoms with Crippen LogP contribution in [0, 0.1) is 0 Å². The summed E-state index contributed by atoms with van der Waals surface area (Å²) in [7, 11) is 0. The van der Waals surface area contributed by atoms with Crippen LogP contribution in [0.25, 0.3) is 0 Å². The van der Waals surface area contributed by atoms with E-state index in [1.54, 1.807) is 6.07 Å². The topological polar surface area (TPSA) is 83.9 Å². The summed E-state index contributed by atoms with van der Waals surface area (Å²) in [5.41, 5.74) is 0.340. The minimum Gasteiger partial charge on any atom is -0.339 e. The Morgan fingerprint density at radius 1 is 1.17 bits per heavy atom. The van der Waals surface area contributed by atoms with Crippen molar-refractivity contribution in [3.05, 3.63) is 45.9 Å². The van der Waals surface area contributed by atoms with Crippen molar-refractivity contribution < 1.29 is 4.79 Å². The predicted octanol–water partition coefficient (Wildman–Crippen LogP) is 0.932. The number of pyridine rings is 1. The number of fused-ring (bicyclic) bond motifs is 1. The fraction of sp³-hybridized carbons (Fsp3) is 0.500. The van der Waals surface area contributed by atoms with E-state index in [-0.39, 0.29) is 11.5 Å². The lowest BCUT2D eigenvalue weighted by atomic mass is 9.95. The lowest BCUT2D eigenvalue weighted by Crippen LogP contribution is -2.38. The van der Waals surface area contributed by atoms with Gasteiger partial charge in [0.25, 0.3) is 5.91 Å². The van der Waals surface area contributed by atoms with Crippen molar-refractivity contribution in [2.24, 2.45) is 0 Å². The van der Waals surface area contributed by atoms with Gasteiger partial charge in [0.05, 0.1) is 5.56 Å². The van der Waals surface area contributed by atoms with E-state index in [1.165, 1.54) is 12.3 Å². The highest BCUT2D eigenvalue weighted by Crippen LogP contribution is 2.29. The van der Waals surface area contributed by atoms with Gasteiger partial charge in [-0.25, -0.2) is 0 Å². The highest BCUT2D eigenvalue weighted by atomic mass is 16.2. The first-order chi connectivity index (χ1) is 11.2. The van der Waals surface area contributed by atoms with Crippen LogP contribution in [0.4, 0.5) is 0 Å². The molecule has 0 aliphatic carbocycles. The Balaban J connectivity index is 1.43. The van der Waals surface area contributed by atoms with Gasteiger partial charge in [-0.05, 0) is 25.3 Å². The minimum absolute atomic E-state index is 0.0221. The minimum atomic E-state index is -0.194. The van der Waals surface area contributed by atoms with Crippen molar-refractivity contribution in [2.45, 2.75) is 38.1 Å². The van der Waals surface area contributed by atoms with Gasteiger partial charge in [0.1, 0.15) is 11.6 Å². The maximum atomic E-state index is 12.5. The highest BCUT2D eigenvalue weighted by Gasteiger charge is 2.29. The first-order valence-corrected chi connectivity index (χ1v) is 8.12. The van der Waals surface area contributed by atoms with Crippen LogP contribution in [0.5, 0.6) is 0 Å². The second kappa shape index (κ2) is 5.64. The molecule has 0 spiro atoms. The van der Waals surface area contributed by atoms with Crippen molar-refractivity contribution in [1.82, 2.24) is 24.6 Å². The lowest BCUT2D eigenvalue weighted by molar-refractivity contribution is 0.0710. The van der Waals surface area contributed by atoms with E-state index in [0.29, 0.717) is 24.6 Å². The molecule has 0 unspecified atom stereocenters. The molecule has 23 heavy (non-hydrogen) atoms. The number of aromatic nitrogens is 4. The lowest BCUT2D eigenvalue weighted by Gasteiger charge is -2.31. The molecule has 4 rings (SSSR count). The SMILES string of the molecule is O=C(c1ccc(=O)[nH]c1)N1CCC(c2nnc3n2CCC3)CC1. The molecule has 1 saturated heterocycles. The number of amides is 1. The predicted molar refractivity (Wildman–Crippen MR) is 83.3 cm³/mol. The van der Waals surface area contributed by atoms with Crippen molar-refractivity contribution in [2.75, 3.05) is 13.1 Å². The zero-order chi connectivity index (χ0) is 15.8. The average Bonchev–Trinajstić information content (AvgIpc) is 3.18. The molecule has 120 valence electrons. The van der Waals surface area contributed by atoms with E-state index >= 15 is 0 Å². The number of carbonyl (C=O) groups excluding carboxylic acids is 1. The number of hydrogen-bond acceptors (Lipinski definition) is 4. The summed E-state index contributed by atoms with van der Waals surface area (Å²) < 4.78 is 2.25. The first kappa shape index (κ1) is 14.2.